The molecule has 0 aliphatic carbocycles. The molecule has 15 heteroatoms. The van der Waals surface area contributed by atoms with Crippen LogP contribution in [0.15, 0.2) is 103 Å². The molecule has 62 heavy (non-hydrogen) atoms. The van der Waals surface area contributed by atoms with Crippen molar-refractivity contribution in [2.75, 3.05) is 27.3 Å². The summed E-state index contributed by atoms with van der Waals surface area (Å²) in [5, 5.41) is 16.6. The van der Waals surface area contributed by atoms with Crippen molar-refractivity contribution < 1.29 is 33.8 Å². The number of ether oxygens (including phenoxy) is 2. The fourth-order valence-corrected chi connectivity index (χ4v) is 8.63. The largest absolute Gasteiger partial charge is 0.465 e. The highest BCUT2D eigenvalue weighted by molar-refractivity contribution is 5.91. The van der Waals surface area contributed by atoms with Crippen molar-refractivity contribution in [3.05, 3.63) is 121 Å². The number of rotatable bonds is 12. The van der Waals surface area contributed by atoms with Crippen LogP contribution in [0.1, 0.15) is 68.4 Å². The molecule has 5 N–H and O–H groups in total. The molecule has 320 valence electrons. The first-order chi connectivity index (χ1) is 30.0. The van der Waals surface area contributed by atoms with Gasteiger partial charge in [0, 0.05) is 32.2 Å². The van der Waals surface area contributed by atoms with Gasteiger partial charge in [0.1, 0.15) is 23.7 Å². The highest BCUT2D eigenvalue weighted by Crippen LogP contribution is 2.37. The topological polar surface area (TPSA) is 195 Å². The second-order valence-electron chi connectivity index (χ2n) is 16.2. The Labute approximate surface area is 358 Å². The number of methoxy groups -OCH3 is 2. The second-order valence-corrected chi connectivity index (χ2v) is 16.2. The molecule has 2 saturated heterocycles. The lowest BCUT2D eigenvalue weighted by molar-refractivity contribution is -0.136. The third kappa shape index (κ3) is 8.61. The minimum atomic E-state index is -1.22. The molecule has 2 fully saturated rings. The van der Waals surface area contributed by atoms with Crippen molar-refractivity contribution in [1.29, 1.82) is 0 Å². The third-order valence-corrected chi connectivity index (χ3v) is 12.0. The first-order valence-electron chi connectivity index (χ1n) is 20.8. The summed E-state index contributed by atoms with van der Waals surface area (Å²) < 4.78 is 10.5. The van der Waals surface area contributed by atoms with Crippen molar-refractivity contribution in [2.24, 2.45) is 5.92 Å². The van der Waals surface area contributed by atoms with E-state index in [1.54, 1.807) is 41.4 Å². The maximum atomic E-state index is 14.1. The Bertz CT molecular complexity index is 2570. The number of aromatic nitrogens is 4. The maximum absolute atomic E-state index is 14.1. The number of nitrogens with one attached hydrogen (secondary N) is 4. The number of likely N-dealkylation sites (tertiary alicyclic amines) is 2. The standard InChI is InChI=1S/C47H50N8O7/c1-27(2)40(52-46(58)59)44(56)54-20-8-11-38(54)42-48-25-37(51-42)34-19-18-32-21-31(16-17-33(32)22-34)28-12-14-29(15-13-28)36-24-49-43(50-36)39-23-35(61-3)26-55(39)45(57)41(53-47(60)62-4)30-9-6-5-7-10-30/h5-7,9-10,12-19,21-22,24-25,27,35,38-41,52H,8,11,20,23,26H2,1-4H3,(H,48,51)(H,49,50)(H,53,60)(H,58,59). The van der Waals surface area contributed by atoms with E-state index in [0.29, 0.717) is 36.7 Å². The fourth-order valence-electron chi connectivity index (χ4n) is 8.63. The van der Waals surface area contributed by atoms with E-state index in [0.717, 1.165) is 57.3 Å². The lowest BCUT2D eigenvalue weighted by Crippen LogP contribution is -2.50. The van der Waals surface area contributed by atoms with Crippen LogP contribution in [0.2, 0.25) is 0 Å². The van der Waals surface area contributed by atoms with Gasteiger partial charge in [-0.1, -0.05) is 92.7 Å². The first kappa shape index (κ1) is 41.7. The molecule has 4 heterocycles. The van der Waals surface area contributed by atoms with Crippen molar-refractivity contribution in [2.45, 2.75) is 63.4 Å². The van der Waals surface area contributed by atoms with Crippen molar-refractivity contribution in [3.63, 3.8) is 0 Å². The molecule has 2 aliphatic rings. The van der Waals surface area contributed by atoms with E-state index in [-0.39, 0.29) is 29.9 Å². The van der Waals surface area contributed by atoms with Gasteiger partial charge >= 0.3 is 12.2 Å². The smallest absolute Gasteiger partial charge is 0.407 e. The summed E-state index contributed by atoms with van der Waals surface area (Å²) in [6, 6.07) is 27.5. The number of benzene rings is 4. The minimum Gasteiger partial charge on any atom is -0.465 e. The van der Waals surface area contributed by atoms with Crippen LogP contribution < -0.4 is 10.6 Å². The molecule has 5 unspecified atom stereocenters. The Morgan fingerprint density at radius 2 is 1.35 bits per heavy atom. The van der Waals surface area contributed by atoms with E-state index >= 15 is 0 Å². The van der Waals surface area contributed by atoms with Crippen molar-refractivity contribution >= 4 is 34.8 Å². The van der Waals surface area contributed by atoms with Gasteiger partial charge in [0.15, 0.2) is 0 Å². The number of imidazole rings is 2. The van der Waals surface area contributed by atoms with Crippen LogP contribution >= 0.6 is 0 Å². The molecule has 5 atom stereocenters. The highest BCUT2D eigenvalue weighted by atomic mass is 16.5. The van der Waals surface area contributed by atoms with Gasteiger partial charge in [-0.05, 0) is 63.9 Å². The number of hydrogen-bond acceptors (Lipinski definition) is 8. The number of carboxylic acid groups (broad SMARTS) is 1. The number of alkyl carbamates (subject to hydrolysis) is 1. The van der Waals surface area contributed by atoms with Gasteiger partial charge in [-0.15, -0.1) is 0 Å². The average molecular weight is 839 g/mol. The quantitative estimate of drug-likeness (QED) is 0.0824. The van der Waals surface area contributed by atoms with Gasteiger partial charge in [0.05, 0.1) is 49.1 Å². The van der Waals surface area contributed by atoms with E-state index in [4.69, 9.17) is 14.5 Å². The number of nitrogens with zero attached hydrogens (tertiary/aromatic N) is 4. The van der Waals surface area contributed by atoms with E-state index in [9.17, 15) is 24.3 Å². The summed E-state index contributed by atoms with van der Waals surface area (Å²) >= 11 is 0. The zero-order valence-corrected chi connectivity index (χ0v) is 35.0. The molecular weight excluding hydrogens is 789 g/mol. The Hall–Kier alpha value is -7.00. The molecule has 0 bridgehead atoms. The van der Waals surface area contributed by atoms with Crippen molar-refractivity contribution in [1.82, 2.24) is 40.4 Å². The molecule has 8 rings (SSSR count). The van der Waals surface area contributed by atoms with Gasteiger partial charge in [0.2, 0.25) is 5.91 Å². The number of amides is 4. The normalized spacial score (nSPS) is 18.5. The number of fused-ring (bicyclic) bond motifs is 1. The highest BCUT2D eigenvalue weighted by Gasteiger charge is 2.42. The number of carbonyl (C=O) groups excluding carboxylic acids is 3. The van der Waals surface area contributed by atoms with E-state index < -0.39 is 30.3 Å². The molecule has 4 aromatic carbocycles. The predicted molar refractivity (Wildman–Crippen MR) is 233 cm³/mol. The van der Waals surface area contributed by atoms with E-state index in [1.165, 1.54) is 7.11 Å². The Balaban J connectivity index is 0.960. The summed E-state index contributed by atoms with van der Waals surface area (Å²) in [5.74, 6) is 0.600. The Kier molecular flexibility index (Phi) is 12.1. The monoisotopic (exact) mass is 838 g/mol. The van der Waals surface area contributed by atoms with Gasteiger partial charge in [-0.2, -0.15) is 0 Å². The fraction of sp³-hybridized carbons (Fsp3) is 0.319. The summed E-state index contributed by atoms with van der Waals surface area (Å²) in [6.45, 7) is 4.55. The first-order valence-corrected chi connectivity index (χ1v) is 20.8. The SMILES string of the molecule is COC(=O)NC(C(=O)N1CC(OC)CC1c1ncc(-c2ccc(-c3ccc4cc(-c5cnc(C6CCCN6C(=O)C(NC(=O)O)C(C)C)[nH]5)ccc4c3)cc2)[nH]1)c1ccccc1. The number of aromatic amines is 2. The zero-order chi connectivity index (χ0) is 43.5. The summed E-state index contributed by atoms with van der Waals surface area (Å²) in [7, 11) is 2.89. The molecule has 0 radical (unpaired) electrons. The van der Waals surface area contributed by atoms with Crippen LogP contribution in [0, 0.1) is 5.92 Å². The lowest BCUT2D eigenvalue weighted by Gasteiger charge is -2.29. The zero-order valence-electron chi connectivity index (χ0n) is 35.0. The molecule has 2 aromatic heterocycles. The number of carbonyl (C=O) groups is 4. The lowest BCUT2D eigenvalue weighted by atomic mass is 9.98. The van der Waals surface area contributed by atoms with Crippen LogP contribution in [-0.2, 0) is 19.1 Å². The second kappa shape index (κ2) is 17.9. The molecule has 15 nitrogen and oxygen atoms in total. The number of hydrogen-bond donors (Lipinski definition) is 5. The van der Waals surface area contributed by atoms with Gasteiger partial charge < -0.3 is 45.0 Å². The molecular formula is C47H50N8O7. The van der Waals surface area contributed by atoms with Crippen molar-refractivity contribution in [3.8, 4) is 33.6 Å². The molecule has 0 spiro atoms. The number of H-pyrrole nitrogens is 2. The van der Waals surface area contributed by atoms with Crippen LogP contribution in [0.3, 0.4) is 0 Å². The maximum Gasteiger partial charge on any atom is 0.407 e. The Morgan fingerprint density at radius 3 is 2.00 bits per heavy atom. The third-order valence-electron chi connectivity index (χ3n) is 12.0. The molecule has 0 saturated carbocycles. The summed E-state index contributed by atoms with van der Waals surface area (Å²) in [4.78, 5) is 71.0. The summed E-state index contributed by atoms with van der Waals surface area (Å²) in [5.41, 5.74) is 6.30. The predicted octanol–water partition coefficient (Wildman–Crippen LogP) is 7.63. The summed E-state index contributed by atoms with van der Waals surface area (Å²) in [6.07, 6.45) is 3.53. The van der Waals surface area contributed by atoms with Crippen LogP contribution in [-0.4, -0.2) is 98.3 Å². The van der Waals surface area contributed by atoms with Gasteiger partial charge in [-0.25, -0.2) is 19.6 Å². The molecule has 2 aliphatic heterocycles. The van der Waals surface area contributed by atoms with Crippen LogP contribution in [0.5, 0.6) is 0 Å². The minimum absolute atomic E-state index is 0.194. The molecule has 6 aromatic rings. The van der Waals surface area contributed by atoms with E-state index in [2.05, 4.69) is 74.1 Å². The Morgan fingerprint density at radius 1 is 0.742 bits per heavy atom. The van der Waals surface area contributed by atoms with Gasteiger partial charge in [-0.3, -0.25) is 9.59 Å². The molecule has 4 amide bonds. The average Bonchev–Trinajstić information content (AvgIpc) is 4.14. The van der Waals surface area contributed by atoms with Crippen LogP contribution in [0.4, 0.5) is 9.59 Å². The van der Waals surface area contributed by atoms with Gasteiger partial charge in [0.25, 0.3) is 5.91 Å². The van der Waals surface area contributed by atoms with Crippen LogP contribution in [0.25, 0.3) is 44.4 Å². The van der Waals surface area contributed by atoms with E-state index in [1.807, 2.05) is 44.2 Å².